The molecule has 0 aliphatic carbocycles. The maximum Gasteiger partial charge on any atom is 0.103 e. The highest BCUT2D eigenvalue weighted by atomic mass is 14.9. The third-order valence-corrected chi connectivity index (χ3v) is 7.33. The quantitative estimate of drug-likeness (QED) is 0.162. The van der Waals surface area contributed by atoms with Crippen LogP contribution in [-0.4, -0.2) is 39.9 Å². The van der Waals surface area contributed by atoms with Crippen molar-refractivity contribution >= 4 is 0 Å². The number of imidazole rings is 4. The van der Waals surface area contributed by atoms with Crippen LogP contribution >= 0.6 is 0 Å². The first kappa shape index (κ1) is 27.8. The van der Waals surface area contributed by atoms with Crippen LogP contribution in [-0.2, 0) is 12.8 Å². The molecule has 0 spiro atoms. The smallest absolute Gasteiger partial charge is 0.103 e. The number of hydrogen-bond donors (Lipinski definition) is 4. The third kappa shape index (κ3) is 6.54. The zero-order valence-corrected chi connectivity index (χ0v) is 24.4. The molecule has 0 atom stereocenters. The Morgan fingerprint density at radius 2 is 1.02 bits per heavy atom. The average Bonchev–Trinajstić information content (AvgIpc) is 3.78. The van der Waals surface area contributed by atoms with Crippen molar-refractivity contribution in [1.29, 1.82) is 0 Å². The van der Waals surface area contributed by atoms with E-state index in [1.54, 1.807) is 12.7 Å². The highest BCUT2D eigenvalue weighted by Crippen LogP contribution is 2.34. The number of aryl methyl sites for hydroxylation is 6. The number of nitrogens with zero attached hydrogens (tertiary/aromatic N) is 4. The summed E-state index contributed by atoms with van der Waals surface area (Å²) in [4.78, 5) is 31.1. The van der Waals surface area contributed by atoms with Gasteiger partial charge >= 0.3 is 0 Å². The topological polar surface area (TPSA) is 115 Å². The fourth-order valence-electron chi connectivity index (χ4n) is 5.29. The number of rotatable bonds is 8. The minimum atomic E-state index is 0.125. The molecule has 0 saturated carbocycles. The summed E-state index contributed by atoms with van der Waals surface area (Å²) < 4.78 is 0. The summed E-state index contributed by atoms with van der Waals surface area (Å²) in [7, 11) is 0. The molecule has 41 heavy (non-hydrogen) atoms. The molecule has 210 valence electrons. The predicted octanol–water partition coefficient (Wildman–Crippen LogP) is 7.16. The van der Waals surface area contributed by atoms with E-state index in [1.165, 1.54) is 22.8 Å². The van der Waals surface area contributed by atoms with Gasteiger partial charge in [0, 0.05) is 28.4 Å². The molecule has 4 N–H and O–H groups in total. The molecule has 0 amide bonds. The van der Waals surface area contributed by atoms with Gasteiger partial charge in [0.05, 0.1) is 46.8 Å². The molecule has 4 aromatic heterocycles. The Labute approximate surface area is 241 Å². The van der Waals surface area contributed by atoms with Gasteiger partial charge in [0.1, 0.15) is 11.6 Å². The van der Waals surface area contributed by atoms with Crippen LogP contribution in [0.25, 0.3) is 22.5 Å². The Bertz CT molecular complexity index is 1550. The second-order valence-corrected chi connectivity index (χ2v) is 10.4. The van der Waals surface area contributed by atoms with Gasteiger partial charge in [-0.3, -0.25) is 0 Å². The van der Waals surface area contributed by atoms with Crippen molar-refractivity contribution in [1.82, 2.24) is 39.9 Å². The number of aromatic nitrogens is 8. The molecule has 8 nitrogen and oxygen atoms in total. The van der Waals surface area contributed by atoms with Crippen LogP contribution in [0.1, 0.15) is 65.1 Å². The molecule has 8 heteroatoms. The van der Waals surface area contributed by atoms with Crippen LogP contribution < -0.4 is 0 Å². The first-order valence-electron chi connectivity index (χ1n) is 14.1. The highest BCUT2D eigenvalue weighted by molar-refractivity contribution is 5.66. The number of nitrogens with one attached hydrogen (secondary N) is 4. The minimum absolute atomic E-state index is 0.125. The molecule has 2 aromatic carbocycles. The van der Waals surface area contributed by atoms with Crippen LogP contribution in [0.2, 0.25) is 0 Å². The summed E-state index contributed by atoms with van der Waals surface area (Å²) in [5.41, 5.74) is 11.1. The average molecular weight is 547 g/mol. The monoisotopic (exact) mass is 546 g/mol. The Hall–Kier alpha value is -4.72. The van der Waals surface area contributed by atoms with Gasteiger partial charge in [0.2, 0.25) is 0 Å². The van der Waals surface area contributed by atoms with Crippen LogP contribution in [0.5, 0.6) is 0 Å². The molecule has 0 saturated heterocycles. The van der Waals surface area contributed by atoms with E-state index in [0.717, 1.165) is 64.8 Å². The lowest BCUT2D eigenvalue weighted by Gasteiger charge is -2.13. The van der Waals surface area contributed by atoms with Crippen molar-refractivity contribution in [3.63, 3.8) is 0 Å². The van der Waals surface area contributed by atoms with Crippen LogP contribution in [0.15, 0.2) is 73.3 Å². The summed E-state index contributed by atoms with van der Waals surface area (Å²) in [6.07, 6.45) is 6.64. The molecule has 0 aliphatic heterocycles. The molecule has 0 aliphatic rings. The second-order valence-electron chi connectivity index (χ2n) is 10.4. The van der Waals surface area contributed by atoms with Gasteiger partial charge in [-0.25, -0.2) is 19.9 Å². The minimum Gasteiger partial charge on any atom is -0.347 e. The maximum atomic E-state index is 4.53. The molecule has 0 fully saturated rings. The molecule has 6 rings (SSSR count). The van der Waals surface area contributed by atoms with Crippen molar-refractivity contribution < 1.29 is 0 Å². The molecular weight excluding hydrogens is 508 g/mol. The van der Waals surface area contributed by atoms with Crippen LogP contribution in [0.4, 0.5) is 0 Å². The van der Waals surface area contributed by atoms with Crippen molar-refractivity contribution in [2.24, 2.45) is 0 Å². The standard InChI is InChI=1S/C20H18N4.C13H20N4/c1-14(17-19(23-12-21-17)15-8-4-2-5-9-15)18-20(24-13-22-18)16-10-6-3-7-11-16;1-8-12(16-10(3)14-8)6-5-7-13-9(2)15-11(4)17-13/h2-14H,1H3,(H,21,23)(H,22,24);5-7H2,1-4H3,(H,14,16)(H,15,17). The third-order valence-electron chi connectivity index (χ3n) is 7.33. The van der Waals surface area contributed by atoms with E-state index in [2.05, 4.69) is 84.9 Å². The van der Waals surface area contributed by atoms with Gasteiger partial charge in [-0.05, 0) is 47.0 Å². The lowest BCUT2D eigenvalue weighted by Crippen LogP contribution is -2.01. The lowest BCUT2D eigenvalue weighted by molar-refractivity contribution is 0.778. The molecule has 0 bridgehead atoms. The molecule has 6 aromatic rings. The zero-order valence-electron chi connectivity index (χ0n) is 24.4. The van der Waals surface area contributed by atoms with Gasteiger partial charge < -0.3 is 19.9 Å². The highest BCUT2D eigenvalue weighted by Gasteiger charge is 2.21. The number of benzene rings is 2. The van der Waals surface area contributed by atoms with Gasteiger partial charge in [0.15, 0.2) is 0 Å². The van der Waals surface area contributed by atoms with E-state index in [4.69, 9.17) is 0 Å². The zero-order chi connectivity index (χ0) is 28.8. The predicted molar refractivity (Wildman–Crippen MR) is 164 cm³/mol. The lowest BCUT2D eigenvalue weighted by atomic mass is 9.95. The van der Waals surface area contributed by atoms with Gasteiger partial charge in [-0.1, -0.05) is 67.6 Å². The Morgan fingerprint density at radius 1 is 0.610 bits per heavy atom. The molecule has 0 radical (unpaired) electrons. The summed E-state index contributed by atoms with van der Waals surface area (Å²) in [6.45, 7) is 10.3. The summed E-state index contributed by atoms with van der Waals surface area (Å²) >= 11 is 0. The van der Waals surface area contributed by atoms with Crippen molar-refractivity contribution in [2.45, 2.75) is 59.8 Å². The van der Waals surface area contributed by atoms with E-state index >= 15 is 0 Å². The summed E-state index contributed by atoms with van der Waals surface area (Å²) in [5.74, 6) is 2.13. The normalized spacial score (nSPS) is 11.1. The SMILES string of the molecule is CC(c1[nH]cnc1-c1ccccc1)c1[nH]cnc1-c1ccccc1.Cc1nc(CCCc2nc(C)[nH]c2C)c(C)[nH]1. The summed E-state index contributed by atoms with van der Waals surface area (Å²) in [5, 5.41) is 0. The fourth-order valence-corrected chi connectivity index (χ4v) is 5.29. The van der Waals surface area contributed by atoms with Gasteiger partial charge in [-0.15, -0.1) is 0 Å². The van der Waals surface area contributed by atoms with E-state index in [-0.39, 0.29) is 5.92 Å². The van der Waals surface area contributed by atoms with Gasteiger partial charge in [0.25, 0.3) is 0 Å². The van der Waals surface area contributed by atoms with E-state index < -0.39 is 0 Å². The van der Waals surface area contributed by atoms with Crippen molar-refractivity contribution in [2.75, 3.05) is 0 Å². The van der Waals surface area contributed by atoms with E-state index in [1.807, 2.05) is 50.2 Å². The fraction of sp³-hybridized carbons (Fsp3) is 0.273. The number of hydrogen-bond acceptors (Lipinski definition) is 4. The second kappa shape index (κ2) is 12.6. The van der Waals surface area contributed by atoms with E-state index in [0.29, 0.717) is 0 Å². The molecule has 0 unspecified atom stereocenters. The number of H-pyrrole nitrogens is 4. The molecular formula is C33H38N8. The van der Waals surface area contributed by atoms with Crippen LogP contribution in [0.3, 0.4) is 0 Å². The van der Waals surface area contributed by atoms with Crippen molar-refractivity contribution in [3.8, 4) is 22.5 Å². The summed E-state index contributed by atoms with van der Waals surface area (Å²) in [6, 6.07) is 20.5. The van der Waals surface area contributed by atoms with E-state index in [9.17, 15) is 0 Å². The van der Waals surface area contributed by atoms with Gasteiger partial charge in [-0.2, -0.15) is 0 Å². The Balaban J connectivity index is 0.000000175. The van der Waals surface area contributed by atoms with Crippen LogP contribution in [0, 0.1) is 27.7 Å². The first-order chi connectivity index (χ1) is 19.9. The number of aromatic amines is 4. The van der Waals surface area contributed by atoms with Crippen molar-refractivity contribution in [3.05, 3.63) is 119 Å². The Kier molecular flexibility index (Phi) is 8.58. The molecule has 4 heterocycles. The maximum absolute atomic E-state index is 4.53. The first-order valence-corrected chi connectivity index (χ1v) is 14.1. The largest absolute Gasteiger partial charge is 0.347 e. The Morgan fingerprint density at radius 3 is 1.39 bits per heavy atom.